The van der Waals surface area contributed by atoms with Crippen LogP contribution in [0.1, 0.15) is 11.4 Å². The molecular formula is C16H20N2O2S. The van der Waals surface area contributed by atoms with E-state index in [4.69, 9.17) is 14.5 Å². The summed E-state index contributed by atoms with van der Waals surface area (Å²) < 4.78 is 11.0. The molecule has 5 heteroatoms. The molecule has 1 N–H and O–H groups in total. The summed E-state index contributed by atoms with van der Waals surface area (Å²) in [6, 6.07) is 10.6. The number of aromatic nitrogens is 1. The van der Waals surface area contributed by atoms with Gasteiger partial charge in [0.05, 0.1) is 23.9 Å². The first-order valence-electron chi connectivity index (χ1n) is 7.25. The lowest BCUT2D eigenvalue weighted by Crippen LogP contribution is -2.32. The Morgan fingerprint density at radius 2 is 2.05 bits per heavy atom. The van der Waals surface area contributed by atoms with Crippen molar-refractivity contribution in [3.05, 3.63) is 40.7 Å². The minimum absolute atomic E-state index is 0.0731. The van der Waals surface area contributed by atoms with E-state index in [0.717, 1.165) is 23.5 Å². The van der Waals surface area contributed by atoms with Gasteiger partial charge in [-0.1, -0.05) is 30.3 Å². The molecule has 0 amide bonds. The third-order valence-electron chi connectivity index (χ3n) is 3.62. The van der Waals surface area contributed by atoms with Crippen molar-refractivity contribution in [1.82, 2.24) is 10.3 Å². The Morgan fingerprint density at radius 1 is 1.29 bits per heavy atom. The number of nitrogens with one attached hydrogen (secondary N) is 1. The molecular weight excluding hydrogens is 284 g/mol. The van der Waals surface area contributed by atoms with Gasteiger partial charge >= 0.3 is 0 Å². The Kier molecular flexibility index (Phi) is 4.98. The number of thiazole rings is 1. The van der Waals surface area contributed by atoms with Crippen LogP contribution in [0.2, 0.25) is 0 Å². The molecule has 3 rings (SSSR count). The molecule has 0 aliphatic carbocycles. The molecule has 2 heterocycles. The Hall–Kier alpha value is -1.27. The molecule has 1 aliphatic heterocycles. The lowest BCUT2D eigenvalue weighted by Gasteiger charge is -2.18. The van der Waals surface area contributed by atoms with Crippen LogP contribution in [0.15, 0.2) is 35.7 Å². The number of benzene rings is 1. The highest BCUT2D eigenvalue weighted by Gasteiger charge is 2.21. The van der Waals surface area contributed by atoms with Crippen molar-refractivity contribution < 1.29 is 9.47 Å². The molecule has 1 aromatic heterocycles. The van der Waals surface area contributed by atoms with Crippen molar-refractivity contribution >= 4 is 11.3 Å². The first kappa shape index (κ1) is 14.7. The van der Waals surface area contributed by atoms with Gasteiger partial charge in [-0.3, -0.25) is 0 Å². The summed E-state index contributed by atoms with van der Waals surface area (Å²) in [5.41, 5.74) is 2.22. The van der Waals surface area contributed by atoms with Gasteiger partial charge in [0.2, 0.25) is 0 Å². The van der Waals surface area contributed by atoms with Gasteiger partial charge in [-0.15, -0.1) is 11.3 Å². The first-order valence-corrected chi connectivity index (χ1v) is 8.13. The van der Waals surface area contributed by atoms with Crippen molar-refractivity contribution in [2.45, 2.75) is 25.2 Å². The van der Waals surface area contributed by atoms with E-state index in [1.807, 2.05) is 25.2 Å². The van der Waals surface area contributed by atoms with E-state index in [2.05, 4.69) is 22.8 Å². The highest BCUT2D eigenvalue weighted by atomic mass is 32.1. The molecule has 1 unspecified atom stereocenters. The Labute approximate surface area is 129 Å². The first-order chi connectivity index (χ1) is 10.3. The molecule has 1 aliphatic rings. The van der Waals surface area contributed by atoms with Crippen molar-refractivity contribution in [3.8, 4) is 11.3 Å². The fourth-order valence-corrected chi connectivity index (χ4v) is 3.32. The van der Waals surface area contributed by atoms with Gasteiger partial charge in [0, 0.05) is 29.8 Å². The van der Waals surface area contributed by atoms with Crippen LogP contribution >= 0.6 is 11.3 Å². The van der Waals surface area contributed by atoms with Gasteiger partial charge in [-0.25, -0.2) is 4.98 Å². The van der Waals surface area contributed by atoms with E-state index in [1.54, 1.807) is 11.3 Å². The number of likely N-dealkylation sites (N-methyl/N-ethyl adjacent to an activating group) is 1. The quantitative estimate of drug-likeness (QED) is 0.891. The highest BCUT2D eigenvalue weighted by Crippen LogP contribution is 2.23. The van der Waals surface area contributed by atoms with Crippen LogP contribution in [0, 0.1) is 0 Å². The maximum absolute atomic E-state index is 5.52. The molecule has 1 fully saturated rings. The molecule has 0 spiro atoms. The fourth-order valence-electron chi connectivity index (χ4n) is 2.44. The van der Waals surface area contributed by atoms with Gasteiger partial charge in [0.1, 0.15) is 0 Å². The van der Waals surface area contributed by atoms with Gasteiger partial charge in [-0.2, -0.15) is 0 Å². The van der Waals surface area contributed by atoms with Crippen LogP contribution in [0.4, 0.5) is 0 Å². The van der Waals surface area contributed by atoms with Gasteiger partial charge < -0.3 is 14.8 Å². The highest BCUT2D eigenvalue weighted by molar-refractivity contribution is 7.09. The minimum Gasteiger partial charge on any atom is -0.350 e. The normalized spacial score (nSPS) is 17.2. The van der Waals surface area contributed by atoms with E-state index < -0.39 is 0 Å². The smallest absolute Gasteiger partial charge is 0.159 e. The predicted octanol–water partition coefficient (Wildman–Crippen LogP) is 2.70. The van der Waals surface area contributed by atoms with Crippen LogP contribution in [0.3, 0.4) is 0 Å². The van der Waals surface area contributed by atoms with Crippen LogP contribution in [0.5, 0.6) is 0 Å². The van der Waals surface area contributed by atoms with E-state index in [9.17, 15) is 0 Å². The zero-order valence-corrected chi connectivity index (χ0v) is 12.9. The zero-order chi connectivity index (χ0) is 14.5. The lowest BCUT2D eigenvalue weighted by molar-refractivity contribution is -0.0522. The third-order valence-corrected chi connectivity index (χ3v) is 4.49. The Balaban J connectivity index is 1.62. The molecule has 1 atom stereocenters. The number of nitrogens with zero attached hydrogens (tertiary/aromatic N) is 1. The number of hydrogen-bond donors (Lipinski definition) is 1. The van der Waals surface area contributed by atoms with Gasteiger partial charge in [-0.05, 0) is 7.05 Å². The number of ether oxygens (including phenoxy) is 2. The SMILES string of the molecule is CNC(Cc1nc(-c2ccccc2)cs1)CC1OCCO1. The molecule has 0 saturated carbocycles. The summed E-state index contributed by atoms with van der Waals surface area (Å²) in [6.07, 6.45) is 1.68. The van der Waals surface area contributed by atoms with Crippen LogP contribution < -0.4 is 5.32 Å². The van der Waals surface area contributed by atoms with Crippen LogP contribution in [-0.2, 0) is 15.9 Å². The van der Waals surface area contributed by atoms with Crippen molar-refractivity contribution in [3.63, 3.8) is 0 Å². The number of rotatable bonds is 6. The second-order valence-corrected chi connectivity index (χ2v) is 6.03. The van der Waals surface area contributed by atoms with Gasteiger partial charge in [0.25, 0.3) is 0 Å². The molecule has 1 aromatic carbocycles. The number of hydrogen-bond acceptors (Lipinski definition) is 5. The lowest BCUT2D eigenvalue weighted by atomic mass is 10.1. The second-order valence-electron chi connectivity index (χ2n) is 5.09. The molecule has 0 bridgehead atoms. The molecule has 0 radical (unpaired) electrons. The molecule has 21 heavy (non-hydrogen) atoms. The van der Waals surface area contributed by atoms with E-state index >= 15 is 0 Å². The average molecular weight is 304 g/mol. The maximum Gasteiger partial charge on any atom is 0.159 e. The summed E-state index contributed by atoms with van der Waals surface area (Å²) in [5, 5.41) is 6.60. The van der Waals surface area contributed by atoms with Crippen LogP contribution in [0.25, 0.3) is 11.3 Å². The zero-order valence-electron chi connectivity index (χ0n) is 12.1. The predicted molar refractivity (Wildman–Crippen MR) is 84.4 cm³/mol. The molecule has 1 saturated heterocycles. The van der Waals surface area contributed by atoms with Crippen molar-refractivity contribution in [1.29, 1.82) is 0 Å². The third kappa shape index (κ3) is 3.89. The second kappa shape index (κ2) is 7.13. The summed E-state index contributed by atoms with van der Waals surface area (Å²) in [5.74, 6) is 0. The molecule has 4 nitrogen and oxygen atoms in total. The Bertz CT molecular complexity index is 552. The van der Waals surface area contributed by atoms with Crippen LogP contribution in [-0.4, -0.2) is 37.6 Å². The van der Waals surface area contributed by atoms with E-state index in [1.165, 1.54) is 5.56 Å². The minimum atomic E-state index is -0.0731. The van der Waals surface area contributed by atoms with Gasteiger partial charge in [0.15, 0.2) is 6.29 Å². The van der Waals surface area contributed by atoms with Crippen molar-refractivity contribution in [2.75, 3.05) is 20.3 Å². The summed E-state index contributed by atoms with van der Waals surface area (Å²) in [4.78, 5) is 4.74. The van der Waals surface area contributed by atoms with Crippen molar-refractivity contribution in [2.24, 2.45) is 0 Å². The average Bonchev–Trinajstić information content (AvgIpc) is 3.19. The molecule has 112 valence electrons. The maximum atomic E-state index is 5.52. The largest absolute Gasteiger partial charge is 0.350 e. The standard InChI is InChI=1S/C16H20N2O2S/c1-17-13(10-16-19-7-8-20-16)9-15-18-14(11-21-15)12-5-3-2-4-6-12/h2-6,11,13,16-17H,7-10H2,1H3. The molecule has 2 aromatic rings. The fraction of sp³-hybridized carbons (Fsp3) is 0.438. The summed E-state index contributed by atoms with van der Waals surface area (Å²) in [6.45, 7) is 1.41. The topological polar surface area (TPSA) is 43.4 Å². The Morgan fingerprint density at radius 3 is 2.76 bits per heavy atom. The van der Waals surface area contributed by atoms with E-state index in [0.29, 0.717) is 19.3 Å². The van der Waals surface area contributed by atoms with E-state index in [-0.39, 0.29) is 6.29 Å². The summed E-state index contributed by atoms with van der Waals surface area (Å²) in [7, 11) is 1.98. The summed E-state index contributed by atoms with van der Waals surface area (Å²) >= 11 is 1.71. The monoisotopic (exact) mass is 304 g/mol.